The summed E-state index contributed by atoms with van der Waals surface area (Å²) in [5.74, 6) is 0. The molecule has 0 fully saturated rings. The molecule has 0 radical (unpaired) electrons. The highest BCUT2D eigenvalue weighted by atomic mass is 35.5. The second kappa shape index (κ2) is 7.98. The summed E-state index contributed by atoms with van der Waals surface area (Å²) in [6.07, 6.45) is 3.64. The average molecular weight is 203 g/mol. The van der Waals surface area contributed by atoms with E-state index in [-0.39, 0.29) is 12.4 Å². The zero-order valence-corrected chi connectivity index (χ0v) is 8.51. The highest BCUT2D eigenvalue weighted by Crippen LogP contribution is 1.93. The van der Waals surface area contributed by atoms with Gasteiger partial charge in [0.1, 0.15) is 0 Å². The molecule has 74 valence electrons. The van der Waals surface area contributed by atoms with Crippen molar-refractivity contribution in [2.24, 2.45) is 0 Å². The largest absolute Gasteiger partial charge is 0.383 e. The lowest BCUT2D eigenvalue weighted by atomic mass is 10.3. The summed E-state index contributed by atoms with van der Waals surface area (Å²) >= 11 is 0. The first-order chi connectivity index (χ1) is 5.93. The lowest BCUT2D eigenvalue weighted by Gasteiger charge is -2.02. The van der Waals surface area contributed by atoms with Crippen LogP contribution in [0.15, 0.2) is 24.5 Å². The van der Waals surface area contributed by atoms with E-state index in [1.54, 1.807) is 13.3 Å². The van der Waals surface area contributed by atoms with Gasteiger partial charge in [-0.15, -0.1) is 12.4 Å². The van der Waals surface area contributed by atoms with Crippen LogP contribution in [0.2, 0.25) is 0 Å². The molecule has 4 heteroatoms. The number of methoxy groups -OCH3 is 1. The predicted octanol–water partition coefficient (Wildman–Crippen LogP) is 1.24. The minimum absolute atomic E-state index is 0. The van der Waals surface area contributed by atoms with Crippen LogP contribution in [0.4, 0.5) is 0 Å². The number of halogens is 1. The molecular weight excluding hydrogens is 188 g/mol. The Balaban J connectivity index is 0.00000144. The molecule has 1 heterocycles. The van der Waals surface area contributed by atoms with Gasteiger partial charge in [-0.1, -0.05) is 6.07 Å². The Morgan fingerprint density at radius 3 is 3.00 bits per heavy atom. The first kappa shape index (κ1) is 12.4. The zero-order chi connectivity index (χ0) is 8.65. The number of rotatable bonds is 5. The number of nitrogens with zero attached hydrogens (tertiary/aromatic N) is 1. The molecule has 0 atom stereocenters. The van der Waals surface area contributed by atoms with Crippen molar-refractivity contribution < 1.29 is 4.74 Å². The smallest absolute Gasteiger partial charge is 0.0587 e. The topological polar surface area (TPSA) is 34.1 Å². The SMILES string of the molecule is COCCNCc1cccnc1.Cl. The summed E-state index contributed by atoms with van der Waals surface area (Å²) in [7, 11) is 1.70. The van der Waals surface area contributed by atoms with Crippen LogP contribution in [0, 0.1) is 0 Å². The molecule has 0 spiro atoms. The number of hydrogen-bond donors (Lipinski definition) is 1. The van der Waals surface area contributed by atoms with Crippen LogP contribution < -0.4 is 5.32 Å². The van der Waals surface area contributed by atoms with Crippen LogP contribution in [0.1, 0.15) is 5.56 Å². The van der Waals surface area contributed by atoms with Gasteiger partial charge in [-0.05, 0) is 11.6 Å². The van der Waals surface area contributed by atoms with E-state index in [0.29, 0.717) is 0 Å². The van der Waals surface area contributed by atoms with Crippen molar-refractivity contribution >= 4 is 12.4 Å². The van der Waals surface area contributed by atoms with Crippen molar-refractivity contribution in [3.05, 3.63) is 30.1 Å². The summed E-state index contributed by atoms with van der Waals surface area (Å²) in [6.45, 7) is 2.49. The van der Waals surface area contributed by atoms with Gasteiger partial charge in [-0.2, -0.15) is 0 Å². The lowest BCUT2D eigenvalue weighted by Crippen LogP contribution is -2.18. The fourth-order valence-electron chi connectivity index (χ4n) is 0.910. The summed E-state index contributed by atoms with van der Waals surface area (Å²) in [6, 6.07) is 3.99. The Labute approximate surface area is 84.9 Å². The third-order valence-corrected chi connectivity index (χ3v) is 1.53. The normalized spacial score (nSPS) is 9.31. The first-order valence-electron chi connectivity index (χ1n) is 4.02. The molecule has 0 amide bonds. The molecule has 13 heavy (non-hydrogen) atoms. The van der Waals surface area contributed by atoms with E-state index in [2.05, 4.69) is 10.3 Å². The molecule has 3 nitrogen and oxygen atoms in total. The number of aromatic nitrogens is 1. The maximum absolute atomic E-state index is 4.90. The Hall–Kier alpha value is -0.640. The van der Waals surface area contributed by atoms with Gasteiger partial charge >= 0.3 is 0 Å². The molecule has 0 saturated heterocycles. The van der Waals surface area contributed by atoms with Crippen molar-refractivity contribution in [1.82, 2.24) is 10.3 Å². The third-order valence-electron chi connectivity index (χ3n) is 1.53. The van der Waals surface area contributed by atoms with Gasteiger partial charge in [0.05, 0.1) is 6.61 Å². The van der Waals surface area contributed by atoms with Crippen molar-refractivity contribution in [3.8, 4) is 0 Å². The summed E-state index contributed by atoms with van der Waals surface area (Å²) < 4.78 is 4.90. The van der Waals surface area contributed by atoms with E-state index in [0.717, 1.165) is 19.7 Å². The molecule has 0 aliphatic carbocycles. The van der Waals surface area contributed by atoms with Gasteiger partial charge in [-0.25, -0.2) is 0 Å². The minimum atomic E-state index is 0. The number of nitrogens with one attached hydrogen (secondary N) is 1. The van der Waals surface area contributed by atoms with E-state index in [4.69, 9.17) is 4.74 Å². The molecule has 1 rings (SSSR count). The lowest BCUT2D eigenvalue weighted by molar-refractivity contribution is 0.199. The summed E-state index contributed by atoms with van der Waals surface area (Å²) in [5, 5.41) is 3.24. The van der Waals surface area contributed by atoms with E-state index >= 15 is 0 Å². The second-order valence-electron chi connectivity index (χ2n) is 2.53. The van der Waals surface area contributed by atoms with E-state index < -0.39 is 0 Å². The third kappa shape index (κ3) is 5.58. The Morgan fingerprint density at radius 2 is 2.38 bits per heavy atom. The van der Waals surface area contributed by atoms with Crippen molar-refractivity contribution in [3.63, 3.8) is 0 Å². The first-order valence-corrected chi connectivity index (χ1v) is 4.02. The van der Waals surface area contributed by atoms with Crippen molar-refractivity contribution in [2.45, 2.75) is 6.54 Å². The van der Waals surface area contributed by atoms with Crippen LogP contribution in [-0.2, 0) is 11.3 Å². The van der Waals surface area contributed by atoms with Gasteiger partial charge < -0.3 is 10.1 Å². The van der Waals surface area contributed by atoms with Gasteiger partial charge in [0.15, 0.2) is 0 Å². The number of pyridine rings is 1. The maximum Gasteiger partial charge on any atom is 0.0587 e. The predicted molar refractivity (Wildman–Crippen MR) is 55.1 cm³/mol. The van der Waals surface area contributed by atoms with Crippen LogP contribution in [0.3, 0.4) is 0 Å². The quantitative estimate of drug-likeness (QED) is 0.730. The minimum Gasteiger partial charge on any atom is -0.383 e. The molecule has 1 N–H and O–H groups in total. The second-order valence-corrected chi connectivity index (χ2v) is 2.53. The summed E-state index contributed by atoms with van der Waals surface area (Å²) in [4.78, 5) is 4.01. The highest BCUT2D eigenvalue weighted by molar-refractivity contribution is 5.85. The Bertz CT molecular complexity index is 206. The van der Waals surface area contributed by atoms with Crippen molar-refractivity contribution in [1.29, 1.82) is 0 Å². The van der Waals surface area contributed by atoms with Crippen LogP contribution >= 0.6 is 12.4 Å². The molecule has 1 aromatic heterocycles. The Kier molecular flexibility index (Phi) is 7.59. The van der Waals surface area contributed by atoms with Gasteiger partial charge in [0, 0.05) is 32.6 Å². The van der Waals surface area contributed by atoms with E-state index in [9.17, 15) is 0 Å². The average Bonchev–Trinajstić information content (AvgIpc) is 2.14. The monoisotopic (exact) mass is 202 g/mol. The zero-order valence-electron chi connectivity index (χ0n) is 7.69. The molecule has 0 unspecified atom stereocenters. The summed E-state index contributed by atoms with van der Waals surface area (Å²) in [5.41, 5.74) is 1.20. The molecule has 0 saturated carbocycles. The van der Waals surface area contributed by atoms with Crippen LogP contribution in [0.25, 0.3) is 0 Å². The van der Waals surface area contributed by atoms with Crippen LogP contribution in [-0.4, -0.2) is 25.2 Å². The molecule has 0 aromatic carbocycles. The van der Waals surface area contributed by atoms with E-state index in [1.165, 1.54) is 5.56 Å². The molecule has 0 aliphatic rings. The van der Waals surface area contributed by atoms with Gasteiger partial charge in [0.2, 0.25) is 0 Å². The molecule has 1 aromatic rings. The van der Waals surface area contributed by atoms with Gasteiger partial charge in [0.25, 0.3) is 0 Å². The Morgan fingerprint density at radius 1 is 1.54 bits per heavy atom. The van der Waals surface area contributed by atoms with E-state index in [1.807, 2.05) is 18.3 Å². The van der Waals surface area contributed by atoms with Crippen LogP contribution in [0.5, 0.6) is 0 Å². The highest BCUT2D eigenvalue weighted by Gasteiger charge is 1.89. The maximum atomic E-state index is 4.90. The molecule has 0 aliphatic heterocycles. The fourth-order valence-corrected chi connectivity index (χ4v) is 0.910. The number of ether oxygens (including phenoxy) is 1. The molecule has 0 bridgehead atoms. The van der Waals surface area contributed by atoms with Crippen molar-refractivity contribution in [2.75, 3.05) is 20.3 Å². The standard InChI is InChI=1S/C9H14N2O.ClH/c1-12-6-5-11-8-9-3-2-4-10-7-9;/h2-4,7,11H,5-6,8H2,1H3;1H. The number of hydrogen-bond acceptors (Lipinski definition) is 3. The van der Waals surface area contributed by atoms with Gasteiger partial charge in [-0.3, -0.25) is 4.98 Å². The molecular formula is C9H15ClN2O. The fraction of sp³-hybridized carbons (Fsp3) is 0.444.